The first kappa shape index (κ1) is 24.1. The van der Waals surface area contributed by atoms with E-state index in [4.69, 9.17) is 0 Å². The van der Waals surface area contributed by atoms with E-state index in [-0.39, 0.29) is 5.91 Å². The van der Waals surface area contributed by atoms with Gasteiger partial charge >= 0.3 is 0 Å². The van der Waals surface area contributed by atoms with Gasteiger partial charge in [0.05, 0.1) is 11.0 Å². The van der Waals surface area contributed by atoms with Crippen molar-refractivity contribution in [1.82, 2.24) is 4.57 Å². The molecule has 0 saturated carbocycles. The van der Waals surface area contributed by atoms with E-state index < -0.39 is 8.07 Å². The Bertz CT molecular complexity index is 1850. The summed E-state index contributed by atoms with van der Waals surface area (Å²) in [6.45, 7) is 0. The number of para-hydroxylation sites is 1. The van der Waals surface area contributed by atoms with Crippen molar-refractivity contribution in [3.8, 4) is 0 Å². The predicted molar refractivity (Wildman–Crippen MR) is 169 cm³/mol. The summed E-state index contributed by atoms with van der Waals surface area (Å²) in [6, 6.07) is 57.3. The Hall–Kier alpha value is -4.99. The van der Waals surface area contributed by atoms with Crippen LogP contribution in [0.4, 0.5) is 0 Å². The van der Waals surface area contributed by atoms with Crippen molar-refractivity contribution >= 4 is 56.5 Å². The van der Waals surface area contributed by atoms with Crippen molar-refractivity contribution in [2.24, 2.45) is 0 Å². The molecule has 0 aliphatic rings. The monoisotopic (exact) mass is 529 g/mol. The smallest absolute Gasteiger partial charge is 0.262 e. The standard InChI is InChI=1S/C37H27NOSi/c39-37(28-15-5-1-6-16-28)38-35-24-14-13-23-33(35)34-27-32(25-26-36(34)38)40(29-17-7-2-8-18-29,30-19-9-3-10-20-30)31-21-11-4-12-22-31/h1-27H. The van der Waals surface area contributed by atoms with Gasteiger partial charge in [-0.05, 0) is 45.0 Å². The summed E-state index contributed by atoms with van der Waals surface area (Å²) in [5.41, 5.74) is 2.53. The number of benzene rings is 6. The van der Waals surface area contributed by atoms with Crippen molar-refractivity contribution in [3.63, 3.8) is 0 Å². The minimum atomic E-state index is -2.68. The average molecular weight is 530 g/mol. The lowest BCUT2D eigenvalue weighted by Crippen LogP contribution is -2.74. The van der Waals surface area contributed by atoms with E-state index in [1.807, 2.05) is 47.0 Å². The lowest BCUT2D eigenvalue weighted by Gasteiger charge is -2.34. The molecule has 0 fully saturated rings. The molecule has 0 aliphatic carbocycles. The molecule has 3 heteroatoms. The minimum absolute atomic E-state index is 0.0164. The fourth-order valence-electron chi connectivity index (χ4n) is 6.20. The van der Waals surface area contributed by atoms with Gasteiger partial charge in [0.25, 0.3) is 5.91 Å². The van der Waals surface area contributed by atoms with Gasteiger partial charge in [-0.25, -0.2) is 0 Å². The van der Waals surface area contributed by atoms with Crippen molar-refractivity contribution in [3.05, 3.63) is 169 Å². The van der Waals surface area contributed by atoms with Crippen molar-refractivity contribution in [2.45, 2.75) is 0 Å². The number of nitrogens with zero attached hydrogens (tertiary/aromatic N) is 1. The van der Waals surface area contributed by atoms with Gasteiger partial charge in [0.2, 0.25) is 0 Å². The number of fused-ring (bicyclic) bond motifs is 3. The molecule has 190 valence electrons. The van der Waals surface area contributed by atoms with Gasteiger partial charge in [-0.3, -0.25) is 9.36 Å². The molecule has 7 rings (SSSR count). The van der Waals surface area contributed by atoms with Crippen LogP contribution in [0.5, 0.6) is 0 Å². The highest BCUT2D eigenvalue weighted by Gasteiger charge is 2.41. The largest absolute Gasteiger partial charge is 0.276 e. The maximum atomic E-state index is 13.9. The van der Waals surface area contributed by atoms with Crippen LogP contribution in [0.15, 0.2) is 164 Å². The topological polar surface area (TPSA) is 22.0 Å². The highest BCUT2D eigenvalue weighted by atomic mass is 28.3. The zero-order chi connectivity index (χ0) is 26.9. The molecule has 0 aliphatic heterocycles. The third-order valence-corrected chi connectivity index (χ3v) is 12.7. The Morgan fingerprint density at radius 3 is 1.43 bits per heavy atom. The average Bonchev–Trinajstić information content (AvgIpc) is 3.37. The predicted octanol–water partition coefficient (Wildman–Crippen LogP) is 5.86. The van der Waals surface area contributed by atoms with Crippen LogP contribution < -0.4 is 20.7 Å². The first-order valence-corrected chi connectivity index (χ1v) is 15.6. The number of hydrogen-bond donors (Lipinski definition) is 0. The molecule has 0 amide bonds. The Balaban J connectivity index is 1.57. The summed E-state index contributed by atoms with van der Waals surface area (Å²) < 4.78 is 1.88. The number of rotatable bonds is 5. The van der Waals surface area contributed by atoms with Gasteiger partial charge in [0, 0.05) is 16.3 Å². The molecule has 2 nitrogen and oxygen atoms in total. The first-order valence-electron chi connectivity index (χ1n) is 13.6. The lowest BCUT2D eigenvalue weighted by molar-refractivity contribution is 0.0969. The highest BCUT2D eigenvalue weighted by Crippen LogP contribution is 2.30. The van der Waals surface area contributed by atoms with Gasteiger partial charge in [-0.2, -0.15) is 0 Å². The summed E-state index contributed by atoms with van der Waals surface area (Å²) in [5, 5.41) is 7.46. The zero-order valence-electron chi connectivity index (χ0n) is 21.9. The van der Waals surface area contributed by atoms with E-state index in [0.29, 0.717) is 5.56 Å². The Labute approximate surface area is 234 Å². The molecular weight excluding hydrogens is 502 g/mol. The SMILES string of the molecule is O=C(c1ccccc1)n1c2ccccc2c2cc([Si](c3ccccc3)(c3ccccc3)c3ccccc3)ccc21. The van der Waals surface area contributed by atoms with E-state index in [1.165, 1.54) is 20.7 Å². The van der Waals surface area contributed by atoms with E-state index in [9.17, 15) is 4.79 Å². The second-order valence-electron chi connectivity index (χ2n) is 10.1. The third kappa shape index (κ3) is 3.75. The van der Waals surface area contributed by atoms with Crippen LogP contribution in [0.1, 0.15) is 10.4 Å². The second-order valence-corrected chi connectivity index (χ2v) is 13.9. The van der Waals surface area contributed by atoms with Gasteiger partial charge < -0.3 is 0 Å². The molecule has 0 saturated heterocycles. The van der Waals surface area contributed by atoms with Crippen LogP contribution in [0.3, 0.4) is 0 Å². The van der Waals surface area contributed by atoms with E-state index in [2.05, 4.69) is 121 Å². The molecule has 6 aromatic carbocycles. The number of carbonyl (C=O) groups excluding carboxylic acids is 1. The van der Waals surface area contributed by atoms with Crippen molar-refractivity contribution in [2.75, 3.05) is 0 Å². The number of hydrogen-bond acceptors (Lipinski definition) is 1. The van der Waals surface area contributed by atoms with Crippen molar-refractivity contribution < 1.29 is 4.79 Å². The molecular formula is C37H27NOSi. The molecule has 0 N–H and O–H groups in total. The number of carbonyl (C=O) groups is 1. The molecule has 0 bridgehead atoms. The summed E-state index contributed by atoms with van der Waals surface area (Å²) in [6.07, 6.45) is 0. The summed E-state index contributed by atoms with van der Waals surface area (Å²) >= 11 is 0. The van der Waals surface area contributed by atoms with Gasteiger partial charge in [-0.15, -0.1) is 0 Å². The Morgan fingerprint density at radius 1 is 0.425 bits per heavy atom. The van der Waals surface area contributed by atoms with Crippen LogP contribution in [-0.4, -0.2) is 18.5 Å². The highest BCUT2D eigenvalue weighted by molar-refractivity contribution is 7.20. The lowest BCUT2D eigenvalue weighted by atomic mass is 10.1. The van der Waals surface area contributed by atoms with Crippen LogP contribution in [0, 0.1) is 0 Å². The minimum Gasteiger partial charge on any atom is -0.276 e. The van der Waals surface area contributed by atoms with Crippen LogP contribution >= 0.6 is 0 Å². The van der Waals surface area contributed by atoms with Gasteiger partial charge in [0.1, 0.15) is 0 Å². The van der Waals surface area contributed by atoms with Crippen LogP contribution in [0.2, 0.25) is 0 Å². The van der Waals surface area contributed by atoms with Gasteiger partial charge in [-0.1, -0.05) is 140 Å². The second kappa shape index (κ2) is 9.95. The van der Waals surface area contributed by atoms with E-state index in [1.54, 1.807) is 0 Å². The van der Waals surface area contributed by atoms with E-state index in [0.717, 1.165) is 21.8 Å². The fraction of sp³-hybridized carbons (Fsp3) is 0. The zero-order valence-corrected chi connectivity index (χ0v) is 22.9. The molecule has 40 heavy (non-hydrogen) atoms. The number of aromatic nitrogens is 1. The van der Waals surface area contributed by atoms with Crippen molar-refractivity contribution in [1.29, 1.82) is 0 Å². The summed E-state index contributed by atoms with van der Waals surface area (Å²) in [4.78, 5) is 13.9. The van der Waals surface area contributed by atoms with E-state index >= 15 is 0 Å². The normalized spacial score (nSPS) is 11.6. The molecule has 0 unspecified atom stereocenters. The fourth-order valence-corrected chi connectivity index (χ4v) is 11.0. The quantitative estimate of drug-likeness (QED) is 0.202. The molecule has 0 atom stereocenters. The molecule has 0 radical (unpaired) electrons. The van der Waals surface area contributed by atoms with Gasteiger partial charge in [0.15, 0.2) is 8.07 Å². The molecule has 0 spiro atoms. The summed E-state index contributed by atoms with van der Waals surface area (Å²) in [7, 11) is -2.68. The van der Waals surface area contributed by atoms with Crippen LogP contribution in [0.25, 0.3) is 21.8 Å². The maximum absolute atomic E-state index is 13.9. The molecule has 1 heterocycles. The third-order valence-electron chi connectivity index (χ3n) is 7.95. The Kier molecular flexibility index (Phi) is 5.99. The Morgan fingerprint density at radius 2 is 0.875 bits per heavy atom. The summed E-state index contributed by atoms with van der Waals surface area (Å²) in [5.74, 6) is -0.0164. The van der Waals surface area contributed by atoms with Crippen LogP contribution in [-0.2, 0) is 0 Å². The molecule has 7 aromatic rings. The first-order chi connectivity index (χ1) is 19.8. The maximum Gasteiger partial charge on any atom is 0.262 e. The molecule has 1 aromatic heterocycles.